The van der Waals surface area contributed by atoms with Crippen LogP contribution < -0.4 is 62.3 Å². The maximum Gasteiger partial charge on any atom is 1.00 e. The largest absolute Gasteiger partial charge is 1.00 e. The van der Waals surface area contributed by atoms with Gasteiger partial charge in [-0.05, 0) is 20.9 Å². The fraction of sp³-hybridized carbons (Fsp3) is 0.469. The molecule has 4 aromatic rings. The molecular weight excluding hydrogens is 917 g/mol. The molecule has 0 saturated carbocycles. The van der Waals surface area contributed by atoms with E-state index in [0.717, 1.165) is 0 Å². The van der Waals surface area contributed by atoms with E-state index in [1.807, 2.05) is 280 Å². The molecule has 4 rings (SSSR count). The maximum absolute atomic E-state index is 10.4. The predicted molar refractivity (Wildman–Crippen MR) is 292 cm³/mol. The molecule has 4 aromatic carbocycles. The van der Waals surface area contributed by atoms with Crippen molar-refractivity contribution in [1.82, 2.24) is 15.3 Å². The normalized spacial score (nSPS) is 7.37. The molecule has 2 atom stereocenters. The van der Waals surface area contributed by atoms with E-state index in [1.54, 1.807) is 7.05 Å². The van der Waals surface area contributed by atoms with Gasteiger partial charge in [0.05, 0.1) is 0 Å². The minimum absolute atomic E-state index is 0. The standard InChI is InChI=1S/4C6H6.C3H6Cl2N2O2.C3H8N2O2.9C2H6.CH6N2.Cl2.Na.H2O/c4*1-2-4-6-5-3-1;1-2(9-7-5)3(8)6-4;1-2(7-5)3(4)6;9*1-2;1-3-2;1-2;;/h4*1-6H;2,7H,1H3,(H,6,8);2H,5H2,1H3,(H2,4,6);9*1-2H3;3H,2H2,1H3;;;1H2/q;;;;;;;;;;;;;;;;;+1;/p-1. The average molecular weight is 1020 g/mol. The molecule has 11 nitrogen and oxygen atoms in total. The minimum Gasteiger partial charge on any atom is -0.870 e. The summed E-state index contributed by atoms with van der Waals surface area (Å²) in [6.07, 6.45) is -1.38. The molecule has 0 aliphatic carbocycles. The molecule has 0 spiro atoms. The van der Waals surface area contributed by atoms with E-state index in [0.29, 0.717) is 0 Å². The van der Waals surface area contributed by atoms with Crippen molar-refractivity contribution in [3.63, 3.8) is 0 Å². The van der Waals surface area contributed by atoms with Crippen LogP contribution in [0.3, 0.4) is 0 Å². The molecule has 2 unspecified atom stereocenters. The third-order valence-electron chi connectivity index (χ3n) is 3.96. The fourth-order valence-electron chi connectivity index (χ4n) is 1.80. The molecule has 0 radical (unpaired) electrons. The van der Waals surface area contributed by atoms with E-state index in [2.05, 4.69) is 48.6 Å². The molecular formula is C49H99Cl4N6NaO5. The molecule has 0 fully saturated rings. The van der Waals surface area contributed by atoms with Crippen LogP contribution >= 0.6 is 45.3 Å². The van der Waals surface area contributed by atoms with Gasteiger partial charge in [-0.3, -0.25) is 35.4 Å². The van der Waals surface area contributed by atoms with Crippen molar-refractivity contribution in [2.75, 3.05) is 7.05 Å². The van der Waals surface area contributed by atoms with Crippen LogP contribution in [0.4, 0.5) is 0 Å². The van der Waals surface area contributed by atoms with Crippen molar-refractivity contribution in [1.29, 1.82) is 0 Å². The van der Waals surface area contributed by atoms with Crippen LogP contribution in [0.1, 0.15) is 138 Å². The number of nitrogens with one attached hydrogen (secondary N) is 3. The molecule has 10 N–H and O–H groups in total. The molecule has 0 aliphatic heterocycles. The number of amides is 2. The van der Waals surface area contributed by atoms with Gasteiger partial charge in [-0.2, -0.15) is 0 Å². The van der Waals surface area contributed by atoms with Crippen LogP contribution in [0.5, 0.6) is 0 Å². The first-order valence-corrected chi connectivity index (χ1v) is 23.8. The van der Waals surface area contributed by atoms with Gasteiger partial charge in [-0.15, -0.1) is 5.00 Å². The fourth-order valence-corrected chi connectivity index (χ4v) is 2.09. The van der Waals surface area contributed by atoms with Gasteiger partial charge < -0.3 is 11.2 Å². The van der Waals surface area contributed by atoms with Crippen LogP contribution in [0.2, 0.25) is 0 Å². The quantitative estimate of drug-likeness (QED) is 0.0488. The first-order valence-electron chi connectivity index (χ1n) is 21.9. The molecule has 65 heavy (non-hydrogen) atoms. The summed E-state index contributed by atoms with van der Waals surface area (Å²) in [6.45, 7) is 39.0. The number of hydrazine groups is 1. The maximum atomic E-state index is 10.4. The van der Waals surface area contributed by atoms with Crippen LogP contribution in [0.15, 0.2) is 146 Å². The summed E-state index contributed by atoms with van der Waals surface area (Å²) in [5, 5.41) is 0. The summed E-state index contributed by atoms with van der Waals surface area (Å²) < 4.78 is 0. The van der Waals surface area contributed by atoms with Crippen LogP contribution in [-0.2, 0) is 19.3 Å². The Morgan fingerprint density at radius 1 is 0.446 bits per heavy atom. The van der Waals surface area contributed by atoms with Crippen molar-refractivity contribution in [2.24, 2.45) is 17.5 Å². The first kappa shape index (κ1) is 105. The van der Waals surface area contributed by atoms with E-state index in [4.69, 9.17) is 29.3 Å². The summed E-state index contributed by atoms with van der Waals surface area (Å²) in [4.78, 5) is 32.5. The second-order valence-electron chi connectivity index (χ2n) is 7.38. The SMILES string of the molecule is CC.CC.CC.CC.CC.CC.CC.CC.CC.CC(ON)C(N)=O.CC(ONCl)C(=O)NCl.CNN.ClCl.[Na+].[OH-].c1ccccc1.c1ccccc1.c1ccccc1.c1ccccc1. The number of primary amides is 1. The Balaban J connectivity index is -0.0000000325. The van der Waals surface area contributed by atoms with Crippen LogP contribution in [0, 0.1) is 0 Å². The number of benzene rings is 4. The van der Waals surface area contributed by atoms with Crippen molar-refractivity contribution in [3.05, 3.63) is 146 Å². The molecule has 2 amide bonds. The molecule has 0 bridgehead atoms. The summed E-state index contributed by atoms with van der Waals surface area (Å²) in [7, 11) is 9.88. The van der Waals surface area contributed by atoms with E-state index in [1.165, 1.54) is 13.8 Å². The van der Waals surface area contributed by atoms with E-state index in [9.17, 15) is 9.59 Å². The first-order chi connectivity index (χ1) is 30.8. The van der Waals surface area contributed by atoms with Crippen LogP contribution in [0.25, 0.3) is 0 Å². The molecule has 0 saturated heterocycles. The van der Waals surface area contributed by atoms with Gasteiger partial charge in [-0.1, -0.05) is 270 Å². The Kier molecular flexibility index (Phi) is 245. The summed E-state index contributed by atoms with van der Waals surface area (Å²) in [5.41, 5.74) is 6.95. The number of carbonyl (C=O) groups excluding carboxylic acids is 2. The van der Waals surface area contributed by atoms with Gasteiger partial charge in [0.15, 0.2) is 12.2 Å². The van der Waals surface area contributed by atoms with Gasteiger partial charge in [0.1, 0.15) is 0 Å². The summed E-state index contributed by atoms with van der Waals surface area (Å²) >= 11 is 9.83. The summed E-state index contributed by atoms with van der Waals surface area (Å²) in [6, 6.07) is 48.0. The molecule has 0 aliphatic rings. The van der Waals surface area contributed by atoms with Crippen molar-refractivity contribution in [3.8, 4) is 0 Å². The second-order valence-corrected chi connectivity index (χ2v) is 7.73. The number of nitrogens with two attached hydrogens (primary N) is 3. The third-order valence-corrected chi connectivity index (χ3v) is 4.23. The van der Waals surface area contributed by atoms with E-state index >= 15 is 0 Å². The van der Waals surface area contributed by atoms with Crippen molar-refractivity contribution >= 4 is 57.1 Å². The molecule has 0 aromatic heterocycles. The summed E-state index contributed by atoms with van der Waals surface area (Å²) in [5.74, 6) is 8.16. The Morgan fingerprint density at radius 2 is 0.585 bits per heavy atom. The number of carbonyl (C=O) groups is 2. The van der Waals surface area contributed by atoms with Gasteiger partial charge in [0.2, 0.25) is 5.91 Å². The minimum atomic E-state index is -0.694. The Labute approximate surface area is 444 Å². The monoisotopic (exact) mass is 1010 g/mol. The third kappa shape index (κ3) is 163. The zero-order valence-corrected chi connectivity index (χ0v) is 49.9. The zero-order chi connectivity index (χ0) is 52.8. The Morgan fingerprint density at radius 3 is 0.646 bits per heavy atom. The smallest absolute Gasteiger partial charge is 0.870 e. The number of hydrogen-bond acceptors (Lipinski definition) is 9. The Hall–Kier alpha value is -2.30. The van der Waals surface area contributed by atoms with Gasteiger partial charge in [-0.25, -0.2) is 5.90 Å². The van der Waals surface area contributed by atoms with Gasteiger partial charge in [0.25, 0.3) is 5.91 Å². The van der Waals surface area contributed by atoms with Gasteiger partial charge >= 0.3 is 29.6 Å². The molecule has 384 valence electrons. The van der Waals surface area contributed by atoms with Crippen molar-refractivity contribution in [2.45, 2.75) is 151 Å². The Bertz CT molecular complexity index is 839. The van der Waals surface area contributed by atoms with Crippen molar-refractivity contribution < 1.29 is 54.3 Å². The number of halogens is 4. The van der Waals surface area contributed by atoms with Gasteiger partial charge in [0, 0.05) is 45.3 Å². The molecule has 16 heteroatoms. The number of hydrogen-bond donors (Lipinski definition) is 6. The van der Waals surface area contributed by atoms with E-state index < -0.39 is 24.0 Å². The average Bonchev–Trinajstić information content (AvgIpc) is 3.42. The topological polar surface area (TPSA) is 197 Å². The predicted octanol–water partition coefficient (Wildman–Crippen LogP) is 12.3. The van der Waals surface area contributed by atoms with Crippen LogP contribution in [-0.4, -0.2) is 36.5 Å². The second kappa shape index (κ2) is 152. The zero-order valence-electron chi connectivity index (χ0n) is 44.8. The molecule has 0 heterocycles. The number of rotatable bonds is 5. The van der Waals surface area contributed by atoms with E-state index in [-0.39, 0.29) is 35.0 Å².